The number of nitrogens with one attached hydrogen (secondary N) is 2. The van der Waals surface area contributed by atoms with Gasteiger partial charge in [-0.05, 0) is 49.1 Å². The normalized spacial score (nSPS) is 14.4. The minimum Gasteiger partial charge on any atom is -0.372 e. The van der Waals surface area contributed by atoms with Crippen molar-refractivity contribution in [2.24, 2.45) is 0 Å². The molecule has 0 saturated carbocycles. The van der Waals surface area contributed by atoms with E-state index in [-0.39, 0.29) is 5.91 Å². The van der Waals surface area contributed by atoms with Crippen molar-refractivity contribution in [1.82, 2.24) is 5.32 Å². The van der Waals surface area contributed by atoms with Crippen LogP contribution in [0.3, 0.4) is 0 Å². The van der Waals surface area contributed by atoms with Crippen molar-refractivity contribution < 1.29 is 4.79 Å². The molecule has 0 bridgehead atoms. The first kappa shape index (κ1) is 16.5. The van der Waals surface area contributed by atoms with Crippen LogP contribution in [0, 0.1) is 0 Å². The summed E-state index contributed by atoms with van der Waals surface area (Å²) in [5.74, 6) is -0.0170. The van der Waals surface area contributed by atoms with Gasteiger partial charge in [0.1, 0.15) is 0 Å². The molecule has 1 aliphatic rings. The van der Waals surface area contributed by atoms with Crippen molar-refractivity contribution in [1.29, 1.82) is 0 Å². The van der Waals surface area contributed by atoms with Gasteiger partial charge in [-0.1, -0.05) is 30.3 Å². The molecule has 126 valence electrons. The van der Waals surface area contributed by atoms with Crippen LogP contribution in [-0.4, -0.2) is 25.5 Å². The lowest BCUT2D eigenvalue weighted by Gasteiger charge is -2.28. The third kappa shape index (κ3) is 4.83. The van der Waals surface area contributed by atoms with Crippen LogP contribution in [0.1, 0.15) is 24.8 Å². The van der Waals surface area contributed by atoms with Crippen LogP contribution in [-0.2, 0) is 11.3 Å². The minimum absolute atomic E-state index is 0.0170. The molecule has 1 saturated heterocycles. The zero-order valence-electron chi connectivity index (χ0n) is 14.0. The number of nitrogens with zero attached hydrogens (tertiary/aromatic N) is 1. The molecule has 0 spiro atoms. The fourth-order valence-electron chi connectivity index (χ4n) is 3.03. The van der Waals surface area contributed by atoms with E-state index < -0.39 is 0 Å². The lowest BCUT2D eigenvalue weighted by molar-refractivity contribution is -0.115. The molecule has 0 aromatic heterocycles. The second-order valence-electron chi connectivity index (χ2n) is 6.23. The maximum Gasteiger partial charge on any atom is 0.238 e. The van der Waals surface area contributed by atoms with E-state index in [4.69, 9.17) is 0 Å². The number of piperidine rings is 1. The molecule has 1 amide bonds. The van der Waals surface area contributed by atoms with Crippen LogP contribution >= 0.6 is 0 Å². The Morgan fingerprint density at radius 2 is 1.62 bits per heavy atom. The van der Waals surface area contributed by atoms with Gasteiger partial charge >= 0.3 is 0 Å². The van der Waals surface area contributed by atoms with Gasteiger partial charge in [0.2, 0.25) is 5.91 Å². The van der Waals surface area contributed by atoms with E-state index in [0.29, 0.717) is 13.1 Å². The van der Waals surface area contributed by atoms with E-state index in [1.54, 1.807) is 0 Å². The highest BCUT2D eigenvalue weighted by Gasteiger charge is 2.10. The molecule has 4 heteroatoms. The Balaban J connectivity index is 1.44. The molecule has 0 unspecified atom stereocenters. The molecule has 3 rings (SSSR count). The molecule has 0 atom stereocenters. The van der Waals surface area contributed by atoms with Gasteiger partial charge in [0.05, 0.1) is 6.54 Å². The lowest BCUT2D eigenvalue weighted by atomic mass is 10.1. The van der Waals surface area contributed by atoms with Crippen LogP contribution < -0.4 is 15.5 Å². The predicted molar refractivity (Wildman–Crippen MR) is 99.3 cm³/mol. The van der Waals surface area contributed by atoms with Crippen LogP contribution in [0.2, 0.25) is 0 Å². The van der Waals surface area contributed by atoms with E-state index >= 15 is 0 Å². The molecule has 24 heavy (non-hydrogen) atoms. The smallest absolute Gasteiger partial charge is 0.238 e. The highest BCUT2D eigenvalue weighted by molar-refractivity contribution is 5.92. The van der Waals surface area contributed by atoms with Crippen molar-refractivity contribution in [3.05, 3.63) is 60.2 Å². The highest BCUT2D eigenvalue weighted by Crippen LogP contribution is 2.21. The molecule has 2 aromatic carbocycles. The molecule has 2 aromatic rings. The molecule has 4 nitrogen and oxygen atoms in total. The monoisotopic (exact) mass is 323 g/mol. The summed E-state index contributed by atoms with van der Waals surface area (Å²) in [5.41, 5.74) is 3.27. The standard InChI is InChI=1S/C20H25N3O/c24-20(16-21-15-17-7-3-1-4-8-17)22-18-9-11-19(12-10-18)23-13-5-2-6-14-23/h1,3-4,7-12,21H,2,5-6,13-16H2,(H,22,24). The number of hydrogen-bond acceptors (Lipinski definition) is 3. The number of benzene rings is 2. The Morgan fingerprint density at radius 3 is 2.33 bits per heavy atom. The maximum atomic E-state index is 12.0. The summed E-state index contributed by atoms with van der Waals surface area (Å²) in [6, 6.07) is 18.2. The molecular formula is C20H25N3O. The van der Waals surface area contributed by atoms with Gasteiger partial charge in [-0.15, -0.1) is 0 Å². The molecule has 0 aliphatic carbocycles. The summed E-state index contributed by atoms with van der Waals surface area (Å²) in [6.45, 7) is 3.27. The van der Waals surface area contributed by atoms with Gasteiger partial charge in [0.25, 0.3) is 0 Å². The first-order valence-electron chi connectivity index (χ1n) is 8.71. The first-order valence-corrected chi connectivity index (χ1v) is 8.71. The number of carbonyl (C=O) groups is 1. The minimum atomic E-state index is -0.0170. The Labute approximate surface area is 143 Å². The molecule has 1 heterocycles. The largest absolute Gasteiger partial charge is 0.372 e. The van der Waals surface area contributed by atoms with Gasteiger partial charge in [-0.2, -0.15) is 0 Å². The zero-order valence-corrected chi connectivity index (χ0v) is 14.0. The third-order valence-corrected chi connectivity index (χ3v) is 4.33. The SMILES string of the molecule is O=C(CNCc1ccccc1)Nc1ccc(N2CCCCC2)cc1. The number of anilines is 2. The summed E-state index contributed by atoms with van der Waals surface area (Å²) in [7, 11) is 0. The number of rotatable bonds is 6. The quantitative estimate of drug-likeness (QED) is 0.856. The van der Waals surface area contributed by atoms with E-state index in [1.165, 1.54) is 30.5 Å². The highest BCUT2D eigenvalue weighted by atomic mass is 16.1. The summed E-state index contributed by atoms with van der Waals surface area (Å²) < 4.78 is 0. The number of carbonyl (C=O) groups excluding carboxylic acids is 1. The van der Waals surface area contributed by atoms with Crippen LogP contribution in [0.25, 0.3) is 0 Å². The van der Waals surface area contributed by atoms with Crippen molar-refractivity contribution in [2.45, 2.75) is 25.8 Å². The van der Waals surface area contributed by atoms with Gasteiger partial charge in [0.15, 0.2) is 0 Å². The lowest BCUT2D eigenvalue weighted by Crippen LogP contribution is -2.29. The fraction of sp³-hybridized carbons (Fsp3) is 0.350. The van der Waals surface area contributed by atoms with E-state index in [0.717, 1.165) is 18.8 Å². The topological polar surface area (TPSA) is 44.4 Å². The van der Waals surface area contributed by atoms with Gasteiger partial charge < -0.3 is 15.5 Å². The molecule has 2 N–H and O–H groups in total. The Hall–Kier alpha value is -2.33. The fourth-order valence-corrected chi connectivity index (χ4v) is 3.03. The summed E-state index contributed by atoms with van der Waals surface area (Å²) >= 11 is 0. The van der Waals surface area contributed by atoms with E-state index in [1.807, 2.05) is 42.5 Å². The van der Waals surface area contributed by atoms with Gasteiger partial charge in [0, 0.05) is 31.0 Å². The predicted octanol–water partition coefficient (Wildman–Crippen LogP) is 3.41. The Kier molecular flexibility index (Phi) is 5.85. The van der Waals surface area contributed by atoms with Crippen LogP contribution in [0.15, 0.2) is 54.6 Å². The average Bonchev–Trinajstić information content (AvgIpc) is 2.64. The van der Waals surface area contributed by atoms with Crippen molar-refractivity contribution >= 4 is 17.3 Å². The van der Waals surface area contributed by atoms with Crippen molar-refractivity contribution in [3.63, 3.8) is 0 Å². The zero-order chi connectivity index (χ0) is 16.6. The Morgan fingerprint density at radius 1 is 0.917 bits per heavy atom. The van der Waals surface area contributed by atoms with E-state index in [2.05, 4.69) is 27.7 Å². The summed E-state index contributed by atoms with van der Waals surface area (Å²) in [6.07, 6.45) is 3.87. The number of hydrogen-bond donors (Lipinski definition) is 2. The van der Waals surface area contributed by atoms with Crippen molar-refractivity contribution in [2.75, 3.05) is 29.9 Å². The number of amides is 1. The maximum absolute atomic E-state index is 12.0. The molecule has 0 radical (unpaired) electrons. The molecule has 1 aliphatic heterocycles. The Bertz CT molecular complexity index is 634. The summed E-state index contributed by atoms with van der Waals surface area (Å²) in [4.78, 5) is 14.4. The molecular weight excluding hydrogens is 298 g/mol. The molecule has 1 fully saturated rings. The van der Waals surface area contributed by atoms with Gasteiger partial charge in [-0.3, -0.25) is 4.79 Å². The summed E-state index contributed by atoms with van der Waals surface area (Å²) in [5, 5.41) is 6.10. The van der Waals surface area contributed by atoms with Gasteiger partial charge in [-0.25, -0.2) is 0 Å². The van der Waals surface area contributed by atoms with Crippen LogP contribution in [0.4, 0.5) is 11.4 Å². The average molecular weight is 323 g/mol. The van der Waals surface area contributed by atoms with Crippen molar-refractivity contribution in [3.8, 4) is 0 Å². The first-order chi connectivity index (χ1) is 11.8. The third-order valence-electron chi connectivity index (χ3n) is 4.33. The second-order valence-corrected chi connectivity index (χ2v) is 6.23. The van der Waals surface area contributed by atoms with E-state index in [9.17, 15) is 4.79 Å². The second kappa shape index (κ2) is 8.50. The van der Waals surface area contributed by atoms with Crippen LogP contribution in [0.5, 0.6) is 0 Å².